The van der Waals surface area contributed by atoms with Crippen LogP contribution in [0.5, 0.6) is 11.5 Å². The van der Waals surface area contributed by atoms with Crippen LogP contribution in [-0.2, 0) is 5.41 Å². The molecule has 0 spiro atoms. The Labute approximate surface area is 382 Å². The maximum atomic E-state index is 6.61. The highest BCUT2D eigenvalue weighted by atomic mass is 16.5. The number of rotatable bonds is 10. The van der Waals surface area contributed by atoms with Crippen molar-refractivity contribution in [3.8, 4) is 67.7 Å². The number of ether oxygens (including phenoxy) is 1. The molecule has 314 valence electrons. The van der Waals surface area contributed by atoms with Gasteiger partial charge in [0.25, 0.3) is 0 Å². The number of allylic oxidation sites excluding steroid dienone is 2. The zero-order chi connectivity index (χ0) is 44.3. The molecule has 4 nitrogen and oxygen atoms in total. The Bertz CT molecular complexity index is 3120. The summed E-state index contributed by atoms with van der Waals surface area (Å²) in [6, 6.07) is 74.2. The number of aromatic nitrogens is 2. The van der Waals surface area contributed by atoms with Crippen LogP contribution in [0.15, 0.2) is 223 Å². The van der Waals surface area contributed by atoms with Gasteiger partial charge in [-0.25, -0.2) is 9.97 Å². The first kappa shape index (κ1) is 41.1. The van der Waals surface area contributed by atoms with E-state index in [1.54, 1.807) is 0 Å². The lowest BCUT2D eigenvalue weighted by atomic mass is 9.74. The lowest BCUT2D eigenvalue weighted by Crippen LogP contribution is -2.24. The zero-order valence-corrected chi connectivity index (χ0v) is 37.1. The van der Waals surface area contributed by atoms with E-state index in [4.69, 9.17) is 19.7 Å². The summed E-state index contributed by atoms with van der Waals surface area (Å²) in [5, 5.41) is 0. The summed E-state index contributed by atoms with van der Waals surface area (Å²) in [5.41, 5.74) is 17.0. The van der Waals surface area contributed by atoms with Gasteiger partial charge in [-0.05, 0) is 94.8 Å². The molecule has 8 aromatic carbocycles. The van der Waals surface area contributed by atoms with Crippen molar-refractivity contribution in [3.63, 3.8) is 0 Å². The number of aliphatic imine (C=N–C) groups is 1. The normalized spacial score (nSPS) is 13.6. The van der Waals surface area contributed by atoms with E-state index in [0.717, 1.165) is 89.8 Å². The molecule has 0 bridgehead atoms. The molecule has 1 atom stereocenters. The van der Waals surface area contributed by atoms with Gasteiger partial charge in [0.1, 0.15) is 11.5 Å². The van der Waals surface area contributed by atoms with E-state index in [0.29, 0.717) is 5.82 Å². The third kappa shape index (κ3) is 8.59. The van der Waals surface area contributed by atoms with Crippen LogP contribution in [0.4, 0.5) is 0 Å². The smallest absolute Gasteiger partial charge is 0.160 e. The van der Waals surface area contributed by atoms with Crippen LogP contribution in [0.2, 0.25) is 0 Å². The number of nitrogens with zero attached hydrogens (tertiary/aromatic N) is 3. The quantitative estimate of drug-likeness (QED) is 0.129. The number of fused-ring (bicyclic) bond motifs is 2. The monoisotopic (exact) mass is 839 g/mol. The minimum absolute atomic E-state index is 0.0384. The second-order valence-corrected chi connectivity index (χ2v) is 17.3. The van der Waals surface area contributed by atoms with Crippen molar-refractivity contribution >= 4 is 11.3 Å². The van der Waals surface area contributed by atoms with E-state index in [2.05, 4.69) is 198 Å². The number of benzene rings is 8. The molecular weight excluding hydrogens is 791 g/mol. The van der Waals surface area contributed by atoms with Crippen LogP contribution in [0.25, 0.3) is 61.7 Å². The van der Waals surface area contributed by atoms with Gasteiger partial charge in [-0.15, -0.1) is 0 Å². The molecule has 0 fully saturated rings. The molecule has 1 unspecified atom stereocenters. The Balaban J connectivity index is 0.905. The molecule has 0 saturated heterocycles. The fourth-order valence-electron chi connectivity index (χ4n) is 8.77. The van der Waals surface area contributed by atoms with Gasteiger partial charge < -0.3 is 4.74 Å². The van der Waals surface area contributed by atoms with Crippen molar-refractivity contribution in [1.82, 2.24) is 9.97 Å². The summed E-state index contributed by atoms with van der Waals surface area (Å²) in [4.78, 5) is 15.4. The molecule has 0 aliphatic carbocycles. The lowest BCUT2D eigenvalue weighted by Gasteiger charge is -2.35. The highest BCUT2D eigenvalue weighted by Crippen LogP contribution is 2.50. The van der Waals surface area contributed by atoms with Crippen LogP contribution >= 0.6 is 0 Å². The number of hydrogen-bond acceptors (Lipinski definition) is 4. The van der Waals surface area contributed by atoms with Crippen molar-refractivity contribution in [1.29, 1.82) is 0 Å². The Kier molecular flexibility index (Phi) is 11.2. The van der Waals surface area contributed by atoms with E-state index in [1.807, 2.05) is 48.5 Å². The summed E-state index contributed by atoms with van der Waals surface area (Å²) in [5.74, 6) is 2.47. The average Bonchev–Trinajstić information content (AvgIpc) is 3.37. The molecule has 1 aromatic heterocycles. The van der Waals surface area contributed by atoms with Gasteiger partial charge in [-0.2, -0.15) is 0 Å². The fraction of sp³-hybridized carbons (Fsp3) is 0.0984. The molecule has 0 radical (unpaired) electrons. The highest BCUT2D eigenvalue weighted by molar-refractivity contribution is 6.12. The van der Waals surface area contributed by atoms with Gasteiger partial charge in [0.2, 0.25) is 0 Å². The molecule has 2 heterocycles. The molecule has 0 saturated carbocycles. The van der Waals surface area contributed by atoms with Gasteiger partial charge in [-0.1, -0.05) is 196 Å². The molecule has 0 amide bonds. The van der Waals surface area contributed by atoms with E-state index < -0.39 is 0 Å². The van der Waals surface area contributed by atoms with Gasteiger partial charge in [-0.3, -0.25) is 4.99 Å². The van der Waals surface area contributed by atoms with Crippen LogP contribution in [-0.4, -0.2) is 15.7 Å². The Morgan fingerprint density at radius 2 is 0.908 bits per heavy atom. The largest absolute Gasteiger partial charge is 0.457 e. The maximum Gasteiger partial charge on any atom is 0.160 e. The van der Waals surface area contributed by atoms with Gasteiger partial charge in [0.15, 0.2) is 5.82 Å². The van der Waals surface area contributed by atoms with Crippen LogP contribution in [0.1, 0.15) is 61.6 Å². The standard InChI is InChI=1S/C61H49N3O/c1-41(43-17-9-5-10-18-43)37-55(47-19-11-6-12-20-47)62-42(2)44-25-27-45(28-26-44)51-33-35-58-53(38-51)61(3,4)54-39-52(34-36-59(54)65-58)46-29-31-50(32-30-46)60-63-56(48-21-13-7-14-22-48)40-57(64-60)49-23-15-8-16-24-49/h5-40,42H,1-4H3/b41-37+,62-55?. The highest BCUT2D eigenvalue weighted by Gasteiger charge is 2.35. The fourth-order valence-corrected chi connectivity index (χ4v) is 8.77. The molecule has 4 heteroatoms. The van der Waals surface area contributed by atoms with Crippen LogP contribution in [0, 0.1) is 0 Å². The van der Waals surface area contributed by atoms with Crippen LogP contribution in [0.3, 0.4) is 0 Å². The van der Waals surface area contributed by atoms with Crippen molar-refractivity contribution in [2.75, 3.05) is 0 Å². The molecule has 65 heavy (non-hydrogen) atoms. The van der Waals surface area contributed by atoms with Gasteiger partial charge in [0, 0.05) is 33.2 Å². The zero-order valence-electron chi connectivity index (χ0n) is 37.1. The second-order valence-electron chi connectivity index (χ2n) is 17.3. The van der Waals surface area contributed by atoms with Crippen molar-refractivity contribution < 1.29 is 4.74 Å². The predicted octanol–water partition coefficient (Wildman–Crippen LogP) is 15.9. The summed E-state index contributed by atoms with van der Waals surface area (Å²) in [7, 11) is 0. The first-order valence-corrected chi connectivity index (χ1v) is 22.3. The van der Waals surface area contributed by atoms with E-state index in [9.17, 15) is 0 Å². The predicted molar refractivity (Wildman–Crippen MR) is 269 cm³/mol. The third-order valence-electron chi connectivity index (χ3n) is 12.6. The summed E-state index contributed by atoms with van der Waals surface area (Å²) >= 11 is 0. The molecule has 1 aliphatic rings. The molecular formula is C61H49N3O. The maximum absolute atomic E-state index is 6.61. The molecule has 9 aromatic rings. The van der Waals surface area contributed by atoms with Gasteiger partial charge in [0.05, 0.1) is 23.1 Å². The summed E-state index contributed by atoms with van der Waals surface area (Å²) < 4.78 is 6.61. The lowest BCUT2D eigenvalue weighted by molar-refractivity contribution is 0.418. The van der Waals surface area contributed by atoms with Crippen molar-refractivity contribution in [3.05, 3.63) is 246 Å². The van der Waals surface area contributed by atoms with E-state index >= 15 is 0 Å². The number of hydrogen-bond donors (Lipinski definition) is 0. The van der Waals surface area contributed by atoms with Crippen molar-refractivity contribution in [2.24, 2.45) is 4.99 Å². The second kappa shape index (κ2) is 17.7. The Morgan fingerprint density at radius 3 is 1.42 bits per heavy atom. The molecule has 0 N–H and O–H groups in total. The minimum Gasteiger partial charge on any atom is -0.457 e. The van der Waals surface area contributed by atoms with Crippen molar-refractivity contribution in [2.45, 2.75) is 39.2 Å². The van der Waals surface area contributed by atoms with E-state index in [1.165, 1.54) is 11.1 Å². The van der Waals surface area contributed by atoms with Crippen LogP contribution < -0.4 is 4.74 Å². The first-order valence-electron chi connectivity index (χ1n) is 22.3. The topological polar surface area (TPSA) is 47.4 Å². The molecule has 1 aliphatic heterocycles. The summed E-state index contributed by atoms with van der Waals surface area (Å²) in [6.07, 6.45) is 2.20. The first-order chi connectivity index (χ1) is 31.8. The van der Waals surface area contributed by atoms with Gasteiger partial charge >= 0.3 is 0 Å². The minimum atomic E-state index is -0.309. The Morgan fingerprint density at radius 1 is 0.477 bits per heavy atom. The third-order valence-corrected chi connectivity index (χ3v) is 12.6. The Hall–Kier alpha value is -7.95. The average molecular weight is 840 g/mol. The SMILES string of the molecule is C/C(=C\C(=NC(C)c1ccc(-c2ccc3c(c2)C(C)(C)c2cc(-c4ccc(-c5nc(-c6ccccc6)cc(-c6ccccc6)n5)cc4)ccc2O3)cc1)c1ccccc1)c1ccccc1. The summed E-state index contributed by atoms with van der Waals surface area (Å²) in [6.45, 7) is 8.92. The van der Waals surface area contributed by atoms with E-state index in [-0.39, 0.29) is 11.5 Å². The molecule has 10 rings (SSSR count).